The van der Waals surface area contributed by atoms with Gasteiger partial charge >= 0.3 is 0 Å². The van der Waals surface area contributed by atoms with Crippen LogP contribution in [0.15, 0.2) is 23.2 Å². The Morgan fingerprint density at radius 1 is 1.32 bits per heavy atom. The third kappa shape index (κ3) is 7.49. The van der Waals surface area contributed by atoms with E-state index in [1.165, 1.54) is 19.4 Å². The van der Waals surface area contributed by atoms with Crippen LogP contribution in [-0.4, -0.2) is 43.6 Å². The molecule has 2 N–H and O–H groups in total. The maximum absolute atomic E-state index is 6.21. The van der Waals surface area contributed by atoms with E-state index < -0.39 is 0 Å². The zero-order chi connectivity index (χ0) is 17.5. The minimum Gasteiger partial charge on any atom is -0.356 e. The monoisotopic (exact) mass is 498 g/mol. The van der Waals surface area contributed by atoms with Gasteiger partial charge in [-0.25, -0.2) is 0 Å². The number of nitrogens with zero attached hydrogens (tertiary/aromatic N) is 2. The molecule has 2 rings (SSSR count). The zero-order valence-corrected chi connectivity index (χ0v) is 19.0. The molecule has 0 aliphatic carbocycles. The maximum atomic E-state index is 6.21. The van der Waals surface area contributed by atoms with Crippen LogP contribution in [-0.2, 0) is 6.54 Å². The lowest BCUT2D eigenvalue weighted by molar-refractivity contribution is 0.141. The van der Waals surface area contributed by atoms with Crippen molar-refractivity contribution in [3.63, 3.8) is 0 Å². The minimum atomic E-state index is 0. The van der Waals surface area contributed by atoms with E-state index in [1.54, 1.807) is 13.1 Å². The van der Waals surface area contributed by atoms with E-state index in [0.29, 0.717) is 28.5 Å². The van der Waals surface area contributed by atoms with E-state index in [0.717, 1.165) is 24.6 Å². The Bertz CT molecular complexity index is 566. The summed E-state index contributed by atoms with van der Waals surface area (Å²) in [7, 11) is 1.79. The van der Waals surface area contributed by atoms with Gasteiger partial charge < -0.3 is 15.5 Å². The standard InChI is InChI=1S/C18H28Cl2N4.HI/c1-13(2)24-8-4-5-14(12-24)10-22-18(21-3)23-11-15-6-7-16(19)9-17(15)20;/h6-7,9,13-14H,4-5,8,10-12H2,1-3H3,(H2,21,22,23);1H. The highest BCUT2D eigenvalue weighted by molar-refractivity contribution is 14.0. The summed E-state index contributed by atoms with van der Waals surface area (Å²) >= 11 is 12.1. The van der Waals surface area contributed by atoms with Crippen molar-refractivity contribution in [3.05, 3.63) is 33.8 Å². The van der Waals surface area contributed by atoms with E-state index in [4.69, 9.17) is 23.2 Å². The van der Waals surface area contributed by atoms with E-state index >= 15 is 0 Å². The molecule has 1 unspecified atom stereocenters. The van der Waals surface area contributed by atoms with Gasteiger partial charge in [-0.3, -0.25) is 4.99 Å². The van der Waals surface area contributed by atoms with Gasteiger partial charge in [0.25, 0.3) is 0 Å². The number of benzene rings is 1. The van der Waals surface area contributed by atoms with Crippen LogP contribution in [0.3, 0.4) is 0 Å². The number of nitrogens with one attached hydrogen (secondary N) is 2. The first-order valence-electron chi connectivity index (χ1n) is 8.62. The van der Waals surface area contributed by atoms with Crippen LogP contribution in [0.5, 0.6) is 0 Å². The molecule has 1 atom stereocenters. The zero-order valence-electron chi connectivity index (χ0n) is 15.2. The number of rotatable bonds is 5. The number of aliphatic imine (C=N–C) groups is 1. The van der Waals surface area contributed by atoms with E-state index in [-0.39, 0.29) is 24.0 Å². The Labute approximate surface area is 178 Å². The van der Waals surface area contributed by atoms with Crippen LogP contribution in [0, 0.1) is 5.92 Å². The highest BCUT2D eigenvalue weighted by Crippen LogP contribution is 2.21. The number of likely N-dealkylation sites (tertiary alicyclic amines) is 1. The fraction of sp³-hybridized carbons (Fsp3) is 0.611. The summed E-state index contributed by atoms with van der Waals surface area (Å²) in [6.45, 7) is 8.48. The van der Waals surface area contributed by atoms with Gasteiger partial charge in [0.15, 0.2) is 5.96 Å². The molecule has 142 valence electrons. The van der Waals surface area contributed by atoms with Crippen molar-refractivity contribution in [3.8, 4) is 0 Å². The highest BCUT2D eigenvalue weighted by Gasteiger charge is 2.21. The lowest BCUT2D eigenvalue weighted by atomic mass is 9.97. The predicted molar refractivity (Wildman–Crippen MR) is 120 cm³/mol. The van der Waals surface area contributed by atoms with Crippen LogP contribution in [0.1, 0.15) is 32.3 Å². The first-order valence-corrected chi connectivity index (χ1v) is 9.37. The van der Waals surface area contributed by atoms with Crippen molar-refractivity contribution in [1.29, 1.82) is 0 Å². The van der Waals surface area contributed by atoms with Gasteiger partial charge in [0, 0.05) is 42.8 Å². The SMILES string of the molecule is CN=C(NCc1ccc(Cl)cc1Cl)NCC1CCCN(C(C)C)C1.I. The van der Waals surface area contributed by atoms with Crippen LogP contribution in [0.4, 0.5) is 0 Å². The molecule has 0 aromatic heterocycles. The van der Waals surface area contributed by atoms with Gasteiger partial charge in [-0.1, -0.05) is 29.3 Å². The smallest absolute Gasteiger partial charge is 0.191 e. The topological polar surface area (TPSA) is 39.7 Å². The van der Waals surface area contributed by atoms with Crippen molar-refractivity contribution >= 4 is 53.1 Å². The molecule has 1 saturated heterocycles. The van der Waals surface area contributed by atoms with Gasteiger partial charge in [-0.05, 0) is 56.8 Å². The van der Waals surface area contributed by atoms with Crippen molar-refractivity contribution < 1.29 is 0 Å². The number of hydrogen-bond acceptors (Lipinski definition) is 2. The molecule has 1 aliphatic heterocycles. The van der Waals surface area contributed by atoms with Gasteiger partial charge in [0.2, 0.25) is 0 Å². The Balaban J connectivity index is 0.00000312. The summed E-state index contributed by atoms with van der Waals surface area (Å²) < 4.78 is 0. The summed E-state index contributed by atoms with van der Waals surface area (Å²) in [5, 5.41) is 8.08. The third-order valence-corrected chi connectivity index (χ3v) is 5.11. The van der Waals surface area contributed by atoms with E-state index in [2.05, 4.69) is 34.4 Å². The van der Waals surface area contributed by atoms with Crippen molar-refractivity contribution in [2.24, 2.45) is 10.9 Å². The van der Waals surface area contributed by atoms with Gasteiger partial charge in [-0.2, -0.15) is 0 Å². The summed E-state index contributed by atoms with van der Waals surface area (Å²) in [6.07, 6.45) is 2.55. The second kappa shape index (κ2) is 11.5. The second-order valence-corrected chi connectivity index (χ2v) is 7.48. The molecule has 1 fully saturated rings. The molecule has 0 spiro atoms. The van der Waals surface area contributed by atoms with Crippen LogP contribution in [0.2, 0.25) is 10.0 Å². The molecule has 1 heterocycles. The molecular formula is C18H29Cl2IN4. The molecule has 0 amide bonds. The number of guanidine groups is 1. The largest absolute Gasteiger partial charge is 0.356 e. The van der Waals surface area contributed by atoms with Gasteiger partial charge in [-0.15, -0.1) is 24.0 Å². The molecule has 4 nitrogen and oxygen atoms in total. The Morgan fingerprint density at radius 2 is 2.08 bits per heavy atom. The Kier molecular flexibility index (Phi) is 10.5. The summed E-state index contributed by atoms with van der Waals surface area (Å²) in [4.78, 5) is 6.86. The van der Waals surface area contributed by atoms with E-state index in [1.807, 2.05) is 12.1 Å². The maximum Gasteiger partial charge on any atom is 0.191 e. The predicted octanol–water partition coefficient (Wildman–Crippen LogP) is 4.40. The van der Waals surface area contributed by atoms with Crippen molar-refractivity contribution in [2.45, 2.75) is 39.3 Å². The fourth-order valence-corrected chi connectivity index (χ4v) is 3.51. The quantitative estimate of drug-likeness (QED) is 0.359. The van der Waals surface area contributed by atoms with Crippen LogP contribution >= 0.6 is 47.2 Å². The second-order valence-electron chi connectivity index (χ2n) is 6.64. The first-order chi connectivity index (χ1) is 11.5. The van der Waals surface area contributed by atoms with Crippen LogP contribution < -0.4 is 10.6 Å². The molecule has 0 saturated carbocycles. The van der Waals surface area contributed by atoms with Gasteiger partial charge in [0.1, 0.15) is 0 Å². The molecule has 1 aliphatic rings. The van der Waals surface area contributed by atoms with Crippen LogP contribution in [0.25, 0.3) is 0 Å². The molecule has 1 aromatic carbocycles. The van der Waals surface area contributed by atoms with E-state index in [9.17, 15) is 0 Å². The minimum absolute atomic E-state index is 0. The molecule has 0 bridgehead atoms. The lowest BCUT2D eigenvalue weighted by Crippen LogP contribution is -2.46. The average molecular weight is 499 g/mol. The highest BCUT2D eigenvalue weighted by atomic mass is 127. The molecule has 7 heteroatoms. The van der Waals surface area contributed by atoms with Crippen molar-refractivity contribution in [1.82, 2.24) is 15.5 Å². The fourth-order valence-electron chi connectivity index (χ4n) is 3.04. The molecule has 1 aromatic rings. The first kappa shape index (κ1) is 22.8. The number of piperidine rings is 1. The lowest BCUT2D eigenvalue weighted by Gasteiger charge is -2.35. The molecule has 25 heavy (non-hydrogen) atoms. The average Bonchev–Trinajstić information content (AvgIpc) is 2.56. The molecular weight excluding hydrogens is 470 g/mol. The van der Waals surface area contributed by atoms with Crippen molar-refractivity contribution in [2.75, 3.05) is 26.7 Å². The Hall–Kier alpha value is -0.240. The number of halogens is 3. The summed E-state index contributed by atoms with van der Waals surface area (Å²) in [5.41, 5.74) is 1.01. The summed E-state index contributed by atoms with van der Waals surface area (Å²) in [6, 6.07) is 6.17. The Morgan fingerprint density at radius 3 is 2.72 bits per heavy atom. The van der Waals surface area contributed by atoms with Gasteiger partial charge in [0.05, 0.1) is 0 Å². The summed E-state index contributed by atoms with van der Waals surface area (Å²) in [5.74, 6) is 1.47. The molecule has 0 radical (unpaired) electrons. The normalized spacial score (nSPS) is 18.8. The number of hydrogen-bond donors (Lipinski definition) is 2. The third-order valence-electron chi connectivity index (χ3n) is 4.52.